The number of nitrogens with zero attached hydrogens (tertiary/aromatic N) is 2. The van der Waals surface area contributed by atoms with Crippen LogP contribution >= 0.6 is 0 Å². The molecule has 212 valence electrons. The number of rotatable bonds is 11. The maximum atomic E-state index is 14.3. The first-order valence-corrected chi connectivity index (χ1v) is 14.9. The van der Waals surface area contributed by atoms with Crippen LogP contribution in [0.5, 0.6) is 0 Å². The number of aryl methyl sites for hydroxylation is 1. The second-order valence-electron chi connectivity index (χ2n) is 9.87. The Morgan fingerprint density at radius 1 is 0.756 bits per heavy atom. The molecule has 4 rings (SSSR count). The van der Waals surface area contributed by atoms with Crippen molar-refractivity contribution in [3.63, 3.8) is 0 Å². The maximum Gasteiger partial charge on any atom is 0.264 e. The lowest BCUT2D eigenvalue weighted by molar-refractivity contribution is -0.139. The van der Waals surface area contributed by atoms with Gasteiger partial charge in [-0.2, -0.15) is 0 Å². The monoisotopic (exact) mass is 569 g/mol. The minimum atomic E-state index is -4.12. The highest BCUT2D eigenvalue weighted by atomic mass is 32.2. The van der Waals surface area contributed by atoms with Crippen LogP contribution in [0.3, 0.4) is 0 Å². The summed E-state index contributed by atoms with van der Waals surface area (Å²) < 4.78 is 29.2. The SMILES string of the molecule is CNC(=O)[C@@H](Cc1ccccc1)N(Cc1ccccc1)C(=O)CN(c1cccc(C)c1C)S(=O)(=O)c1ccccc1. The maximum absolute atomic E-state index is 14.3. The number of carbonyl (C=O) groups is 2. The van der Waals surface area contributed by atoms with E-state index in [-0.39, 0.29) is 23.8 Å². The molecule has 0 saturated carbocycles. The number of carbonyl (C=O) groups excluding carboxylic acids is 2. The summed E-state index contributed by atoms with van der Waals surface area (Å²) in [4.78, 5) is 29.2. The molecule has 1 N–H and O–H groups in total. The summed E-state index contributed by atoms with van der Waals surface area (Å²) in [6, 6.07) is 31.4. The summed E-state index contributed by atoms with van der Waals surface area (Å²) in [6.07, 6.45) is 0.272. The van der Waals surface area contributed by atoms with E-state index >= 15 is 0 Å². The highest BCUT2D eigenvalue weighted by molar-refractivity contribution is 7.92. The van der Waals surface area contributed by atoms with Crippen LogP contribution < -0.4 is 9.62 Å². The van der Waals surface area contributed by atoms with E-state index in [0.29, 0.717) is 5.69 Å². The highest BCUT2D eigenvalue weighted by Gasteiger charge is 2.34. The fourth-order valence-electron chi connectivity index (χ4n) is 4.74. The van der Waals surface area contributed by atoms with Crippen LogP contribution in [0.25, 0.3) is 0 Å². The largest absolute Gasteiger partial charge is 0.357 e. The Morgan fingerprint density at radius 2 is 1.32 bits per heavy atom. The van der Waals surface area contributed by atoms with Gasteiger partial charge in [0.1, 0.15) is 12.6 Å². The molecule has 0 aliphatic rings. The number of likely N-dealkylation sites (N-methyl/N-ethyl adjacent to an activating group) is 1. The van der Waals surface area contributed by atoms with Gasteiger partial charge in [-0.15, -0.1) is 0 Å². The lowest BCUT2D eigenvalue weighted by atomic mass is 10.0. The van der Waals surface area contributed by atoms with E-state index in [4.69, 9.17) is 0 Å². The predicted octanol–water partition coefficient (Wildman–Crippen LogP) is 4.88. The van der Waals surface area contributed by atoms with Gasteiger partial charge in [0.2, 0.25) is 11.8 Å². The quantitative estimate of drug-likeness (QED) is 0.279. The molecular formula is C33H35N3O4S. The Balaban J connectivity index is 1.80. The Hall–Kier alpha value is -4.43. The molecule has 41 heavy (non-hydrogen) atoms. The molecule has 8 heteroatoms. The molecule has 0 spiro atoms. The van der Waals surface area contributed by atoms with E-state index in [0.717, 1.165) is 26.6 Å². The van der Waals surface area contributed by atoms with Crippen molar-refractivity contribution in [3.8, 4) is 0 Å². The van der Waals surface area contributed by atoms with E-state index < -0.39 is 28.5 Å². The molecule has 0 aliphatic carbocycles. The third kappa shape index (κ3) is 7.02. The third-order valence-electron chi connectivity index (χ3n) is 7.17. The van der Waals surface area contributed by atoms with Gasteiger partial charge < -0.3 is 10.2 Å². The minimum Gasteiger partial charge on any atom is -0.357 e. The van der Waals surface area contributed by atoms with E-state index in [2.05, 4.69) is 5.32 Å². The van der Waals surface area contributed by atoms with Crippen molar-refractivity contribution in [2.45, 2.75) is 37.8 Å². The van der Waals surface area contributed by atoms with Crippen molar-refractivity contribution in [1.29, 1.82) is 0 Å². The fourth-order valence-corrected chi connectivity index (χ4v) is 6.23. The van der Waals surface area contributed by atoms with Crippen LogP contribution in [0, 0.1) is 13.8 Å². The topological polar surface area (TPSA) is 86.8 Å². The second-order valence-corrected chi connectivity index (χ2v) is 11.7. The molecule has 0 radical (unpaired) electrons. The summed E-state index contributed by atoms with van der Waals surface area (Å²) in [6.45, 7) is 3.40. The van der Waals surface area contributed by atoms with Gasteiger partial charge in [0.15, 0.2) is 0 Å². The van der Waals surface area contributed by atoms with E-state index in [9.17, 15) is 18.0 Å². The van der Waals surface area contributed by atoms with Crippen molar-refractivity contribution >= 4 is 27.5 Å². The van der Waals surface area contributed by atoms with Crippen LogP contribution in [0.4, 0.5) is 5.69 Å². The number of hydrogen-bond donors (Lipinski definition) is 1. The number of anilines is 1. The molecule has 0 aromatic heterocycles. The van der Waals surface area contributed by atoms with Gasteiger partial charge in [-0.1, -0.05) is 91.0 Å². The summed E-state index contributed by atoms with van der Waals surface area (Å²) >= 11 is 0. The molecule has 0 fully saturated rings. The molecule has 0 bridgehead atoms. The summed E-state index contributed by atoms with van der Waals surface area (Å²) in [5.41, 5.74) is 3.78. The second kappa shape index (κ2) is 13.3. The van der Waals surface area contributed by atoms with Crippen LogP contribution in [0.1, 0.15) is 22.3 Å². The van der Waals surface area contributed by atoms with Gasteiger partial charge in [-0.05, 0) is 54.3 Å². The average Bonchev–Trinajstić information content (AvgIpc) is 3.00. The zero-order valence-electron chi connectivity index (χ0n) is 23.5. The number of amides is 2. The Bertz CT molecular complexity index is 1580. The number of nitrogens with one attached hydrogen (secondary N) is 1. The normalized spacial score (nSPS) is 11.9. The molecular weight excluding hydrogens is 534 g/mol. The van der Waals surface area contributed by atoms with Gasteiger partial charge in [0, 0.05) is 20.0 Å². The Morgan fingerprint density at radius 3 is 1.90 bits per heavy atom. The van der Waals surface area contributed by atoms with Gasteiger partial charge in [-0.3, -0.25) is 13.9 Å². The van der Waals surface area contributed by atoms with Crippen molar-refractivity contribution < 1.29 is 18.0 Å². The van der Waals surface area contributed by atoms with Crippen LogP contribution in [0.15, 0.2) is 114 Å². The highest BCUT2D eigenvalue weighted by Crippen LogP contribution is 2.29. The fraction of sp³-hybridized carbons (Fsp3) is 0.212. The van der Waals surface area contributed by atoms with Crippen molar-refractivity contribution in [2.24, 2.45) is 0 Å². The first-order valence-electron chi connectivity index (χ1n) is 13.4. The Labute approximate surface area is 242 Å². The summed E-state index contributed by atoms with van der Waals surface area (Å²) in [5.74, 6) is -0.818. The van der Waals surface area contributed by atoms with Gasteiger partial charge >= 0.3 is 0 Å². The summed E-state index contributed by atoms with van der Waals surface area (Å²) in [5, 5.41) is 2.70. The van der Waals surface area contributed by atoms with Gasteiger partial charge in [-0.25, -0.2) is 8.42 Å². The summed E-state index contributed by atoms with van der Waals surface area (Å²) in [7, 11) is -2.58. The zero-order valence-corrected chi connectivity index (χ0v) is 24.3. The average molecular weight is 570 g/mol. The minimum absolute atomic E-state index is 0.0791. The predicted molar refractivity (Wildman–Crippen MR) is 162 cm³/mol. The molecule has 7 nitrogen and oxygen atoms in total. The third-order valence-corrected chi connectivity index (χ3v) is 8.94. The lowest BCUT2D eigenvalue weighted by Gasteiger charge is -2.34. The number of hydrogen-bond acceptors (Lipinski definition) is 4. The molecule has 1 atom stereocenters. The molecule has 4 aromatic rings. The number of sulfonamides is 1. The standard InChI is InChI=1S/C33H35N3O4S/c1-25-14-13-21-30(26(25)2)36(41(39,40)29-19-11-6-12-20-29)24-32(37)35(23-28-17-9-5-10-18-28)31(33(38)34-3)22-27-15-7-4-8-16-27/h4-21,31H,22-24H2,1-3H3,(H,34,38)/t31-/m1/s1. The molecule has 4 aromatic carbocycles. The van der Waals surface area contributed by atoms with E-state index in [1.807, 2.05) is 80.6 Å². The number of benzene rings is 4. The van der Waals surface area contributed by atoms with Gasteiger partial charge in [0.05, 0.1) is 10.6 Å². The van der Waals surface area contributed by atoms with Gasteiger partial charge in [0.25, 0.3) is 10.0 Å². The lowest BCUT2D eigenvalue weighted by Crippen LogP contribution is -2.53. The van der Waals surface area contributed by atoms with Crippen LogP contribution in [0.2, 0.25) is 0 Å². The van der Waals surface area contributed by atoms with Crippen molar-refractivity contribution in [1.82, 2.24) is 10.2 Å². The smallest absolute Gasteiger partial charge is 0.264 e. The molecule has 0 unspecified atom stereocenters. The van der Waals surface area contributed by atoms with Crippen LogP contribution in [-0.4, -0.2) is 44.8 Å². The first-order chi connectivity index (χ1) is 19.7. The first kappa shape index (κ1) is 29.6. The van der Waals surface area contributed by atoms with Crippen molar-refractivity contribution in [2.75, 3.05) is 17.9 Å². The molecule has 2 amide bonds. The zero-order chi connectivity index (χ0) is 29.4. The molecule has 0 aliphatic heterocycles. The molecule has 0 heterocycles. The molecule has 0 saturated heterocycles. The van der Waals surface area contributed by atoms with Crippen molar-refractivity contribution in [3.05, 3.63) is 131 Å². The van der Waals surface area contributed by atoms with E-state index in [1.54, 1.807) is 30.3 Å². The van der Waals surface area contributed by atoms with Crippen LogP contribution in [-0.2, 0) is 32.6 Å². The van der Waals surface area contributed by atoms with E-state index in [1.165, 1.54) is 24.1 Å². The Kier molecular flexibility index (Phi) is 9.57.